The number of hydroxylamine groups is 1. The van der Waals surface area contributed by atoms with Crippen LogP contribution in [0, 0.1) is 0 Å². The molecule has 0 radical (unpaired) electrons. The molecule has 1 fully saturated rings. The lowest BCUT2D eigenvalue weighted by atomic mass is 10.2. The first-order chi connectivity index (χ1) is 12.6. The highest BCUT2D eigenvalue weighted by molar-refractivity contribution is 5.94. The van der Waals surface area contributed by atoms with E-state index in [0.29, 0.717) is 18.0 Å². The van der Waals surface area contributed by atoms with Crippen LogP contribution in [-0.4, -0.2) is 40.1 Å². The van der Waals surface area contributed by atoms with Gasteiger partial charge in [0, 0.05) is 44.1 Å². The summed E-state index contributed by atoms with van der Waals surface area (Å²) in [6.45, 7) is 7.28. The highest BCUT2D eigenvalue weighted by Crippen LogP contribution is 2.16. The molecule has 0 atom stereocenters. The fourth-order valence-electron chi connectivity index (χ4n) is 3.01. The van der Waals surface area contributed by atoms with Gasteiger partial charge in [-0.15, -0.1) is 0 Å². The van der Waals surface area contributed by atoms with Crippen molar-refractivity contribution in [2.45, 2.75) is 45.6 Å². The summed E-state index contributed by atoms with van der Waals surface area (Å²) in [5.41, 5.74) is 0.566. The van der Waals surface area contributed by atoms with Crippen molar-refractivity contribution >= 4 is 11.7 Å². The third kappa shape index (κ3) is 4.60. The van der Waals surface area contributed by atoms with Crippen LogP contribution in [0.5, 0.6) is 0 Å². The van der Waals surface area contributed by atoms with Crippen LogP contribution in [0.25, 0.3) is 0 Å². The molecule has 0 unspecified atom stereocenters. The molecule has 1 aliphatic rings. The Morgan fingerprint density at radius 1 is 1.31 bits per heavy atom. The van der Waals surface area contributed by atoms with Gasteiger partial charge in [0.05, 0.1) is 12.2 Å². The van der Waals surface area contributed by atoms with Gasteiger partial charge in [0.15, 0.2) is 5.82 Å². The lowest BCUT2D eigenvalue weighted by Crippen LogP contribution is -2.30. The monoisotopic (exact) mass is 357 g/mol. The Balaban J connectivity index is 1.45. The first kappa shape index (κ1) is 18.4. The molecule has 26 heavy (non-hydrogen) atoms. The number of nitrogens with one attached hydrogen (secondary N) is 1. The van der Waals surface area contributed by atoms with Gasteiger partial charge in [0.2, 0.25) is 0 Å². The van der Waals surface area contributed by atoms with Crippen molar-refractivity contribution in [3.05, 3.63) is 42.1 Å². The van der Waals surface area contributed by atoms with Gasteiger partial charge >= 0.3 is 0 Å². The number of aromatic nitrogens is 3. The number of imidazole rings is 1. The fraction of sp³-hybridized carbons (Fsp3) is 0.526. The summed E-state index contributed by atoms with van der Waals surface area (Å²) in [6.07, 6.45) is 8.45. The Kier molecular flexibility index (Phi) is 6.22. The minimum Gasteiger partial charge on any atom is -0.352 e. The topological polar surface area (TPSA) is 72.3 Å². The number of hydrogen-bond acceptors (Lipinski definition) is 5. The van der Waals surface area contributed by atoms with Crippen molar-refractivity contribution in [1.82, 2.24) is 19.9 Å². The Labute approximate surface area is 154 Å². The third-order valence-electron chi connectivity index (χ3n) is 4.39. The molecule has 3 heterocycles. The second-order valence-corrected chi connectivity index (χ2v) is 6.79. The highest BCUT2D eigenvalue weighted by Gasteiger charge is 2.14. The van der Waals surface area contributed by atoms with Crippen molar-refractivity contribution in [3.63, 3.8) is 0 Å². The minimum atomic E-state index is -0.0988. The quantitative estimate of drug-likeness (QED) is 0.772. The van der Waals surface area contributed by atoms with Crippen LogP contribution in [0.4, 0.5) is 5.82 Å². The van der Waals surface area contributed by atoms with E-state index in [9.17, 15) is 4.79 Å². The number of rotatable bonds is 7. The molecule has 0 saturated carbocycles. The predicted molar refractivity (Wildman–Crippen MR) is 100 cm³/mol. The van der Waals surface area contributed by atoms with E-state index in [0.717, 1.165) is 50.6 Å². The number of nitrogens with zero attached hydrogens (tertiary/aromatic N) is 4. The third-order valence-corrected chi connectivity index (χ3v) is 4.39. The SMILES string of the molecule is CC(C)c1nccn1CCCNC(=O)c1ccc(N2CCCCO2)nc1. The average molecular weight is 357 g/mol. The zero-order valence-corrected chi connectivity index (χ0v) is 15.5. The summed E-state index contributed by atoms with van der Waals surface area (Å²) in [4.78, 5) is 26.6. The predicted octanol–water partition coefficient (Wildman–Crippen LogP) is 2.75. The number of carbonyl (C=O) groups is 1. The number of carbonyl (C=O) groups excluding carboxylic acids is 1. The first-order valence-corrected chi connectivity index (χ1v) is 9.31. The summed E-state index contributed by atoms with van der Waals surface area (Å²) in [6, 6.07) is 3.63. The molecule has 1 amide bonds. The second kappa shape index (κ2) is 8.80. The van der Waals surface area contributed by atoms with Gasteiger partial charge in [-0.3, -0.25) is 9.63 Å². The van der Waals surface area contributed by atoms with Crippen LogP contribution in [0.1, 0.15) is 55.2 Å². The van der Waals surface area contributed by atoms with E-state index in [1.54, 1.807) is 17.3 Å². The van der Waals surface area contributed by atoms with E-state index >= 15 is 0 Å². The van der Waals surface area contributed by atoms with Crippen molar-refractivity contribution in [2.75, 3.05) is 24.8 Å². The van der Waals surface area contributed by atoms with E-state index < -0.39 is 0 Å². The first-order valence-electron chi connectivity index (χ1n) is 9.31. The van der Waals surface area contributed by atoms with E-state index in [2.05, 4.69) is 33.7 Å². The molecule has 7 nitrogen and oxygen atoms in total. The average Bonchev–Trinajstić information content (AvgIpc) is 3.15. The molecule has 0 aromatic carbocycles. The maximum atomic E-state index is 12.3. The Morgan fingerprint density at radius 2 is 2.19 bits per heavy atom. The summed E-state index contributed by atoms with van der Waals surface area (Å²) >= 11 is 0. The normalized spacial score (nSPS) is 14.7. The van der Waals surface area contributed by atoms with E-state index in [-0.39, 0.29) is 5.91 Å². The molecule has 2 aromatic heterocycles. The van der Waals surface area contributed by atoms with Crippen LogP contribution in [-0.2, 0) is 11.4 Å². The molecule has 0 aliphatic carbocycles. The van der Waals surface area contributed by atoms with E-state index in [1.807, 2.05) is 18.5 Å². The molecule has 140 valence electrons. The number of anilines is 1. The smallest absolute Gasteiger partial charge is 0.252 e. The number of pyridine rings is 1. The van der Waals surface area contributed by atoms with Crippen molar-refractivity contribution in [3.8, 4) is 0 Å². The second-order valence-electron chi connectivity index (χ2n) is 6.79. The molecular formula is C19H27N5O2. The van der Waals surface area contributed by atoms with Gasteiger partial charge in [-0.1, -0.05) is 13.8 Å². The van der Waals surface area contributed by atoms with Crippen LogP contribution < -0.4 is 10.4 Å². The van der Waals surface area contributed by atoms with Crippen LogP contribution in [0.15, 0.2) is 30.7 Å². The maximum absolute atomic E-state index is 12.3. The lowest BCUT2D eigenvalue weighted by molar-refractivity contribution is 0.0761. The molecule has 3 rings (SSSR count). The Hall–Kier alpha value is -2.41. The van der Waals surface area contributed by atoms with Gasteiger partial charge in [-0.25, -0.2) is 15.0 Å². The zero-order chi connectivity index (χ0) is 18.4. The minimum absolute atomic E-state index is 0.0988. The van der Waals surface area contributed by atoms with Crippen molar-refractivity contribution < 1.29 is 9.63 Å². The maximum Gasteiger partial charge on any atom is 0.252 e. The zero-order valence-electron chi connectivity index (χ0n) is 15.5. The van der Waals surface area contributed by atoms with Crippen LogP contribution in [0.2, 0.25) is 0 Å². The molecule has 1 N–H and O–H groups in total. The molecular weight excluding hydrogens is 330 g/mol. The number of aryl methyl sites for hydroxylation is 1. The Morgan fingerprint density at radius 3 is 2.88 bits per heavy atom. The van der Waals surface area contributed by atoms with Gasteiger partial charge in [0.25, 0.3) is 5.91 Å². The number of amides is 1. The summed E-state index contributed by atoms with van der Waals surface area (Å²) in [5, 5.41) is 4.75. The summed E-state index contributed by atoms with van der Waals surface area (Å²) in [7, 11) is 0. The number of hydrogen-bond donors (Lipinski definition) is 1. The van der Waals surface area contributed by atoms with Crippen molar-refractivity contribution in [1.29, 1.82) is 0 Å². The summed E-state index contributed by atoms with van der Waals surface area (Å²) < 4.78 is 2.14. The van der Waals surface area contributed by atoms with E-state index in [1.165, 1.54) is 0 Å². The standard InChI is InChI=1S/C19H27N5O2/c1-15(2)18-20-9-12-23(18)10-5-8-21-19(25)16-6-7-17(22-14-16)24-11-3-4-13-26-24/h6-7,9,12,14-15H,3-5,8,10-11,13H2,1-2H3,(H,21,25). The Bertz CT molecular complexity index is 705. The van der Waals surface area contributed by atoms with Gasteiger partial charge < -0.3 is 9.88 Å². The molecule has 2 aromatic rings. The highest BCUT2D eigenvalue weighted by atomic mass is 16.7. The molecule has 7 heteroatoms. The molecule has 0 spiro atoms. The van der Waals surface area contributed by atoms with Crippen molar-refractivity contribution in [2.24, 2.45) is 0 Å². The van der Waals surface area contributed by atoms with Gasteiger partial charge in [0.1, 0.15) is 5.82 Å². The largest absolute Gasteiger partial charge is 0.352 e. The van der Waals surface area contributed by atoms with Gasteiger partial charge in [-0.2, -0.15) is 0 Å². The fourth-order valence-corrected chi connectivity index (χ4v) is 3.01. The van der Waals surface area contributed by atoms with Gasteiger partial charge in [-0.05, 0) is 31.4 Å². The molecule has 1 aliphatic heterocycles. The van der Waals surface area contributed by atoms with Crippen LogP contribution >= 0.6 is 0 Å². The summed E-state index contributed by atoms with van der Waals surface area (Å²) in [5.74, 6) is 2.13. The lowest BCUT2D eigenvalue weighted by Gasteiger charge is -2.26. The van der Waals surface area contributed by atoms with E-state index in [4.69, 9.17) is 4.84 Å². The molecule has 1 saturated heterocycles. The molecule has 0 bridgehead atoms. The van der Waals surface area contributed by atoms with Crippen LogP contribution in [0.3, 0.4) is 0 Å².